The first-order valence-corrected chi connectivity index (χ1v) is 8.37. The Morgan fingerprint density at radius 3 is 2.43 bits per heavy atom. The predicted octanol–water partition coefficient (Wildman–Crippen LogP) is 0.905. The van der Waals surface area contributed by atoms with E-state index < -0.39 is 15.6 Å². The van der Waals surface area contributed by atoms with Crippen LogP contribution in [0.4, 0.5) is 0 Å². The van der Waals surface area contributed by atoms with Gasteiger partial charge in [0.15, 0.2) is 0 Å². The molecule has 0 saturated heterocycles. The monoisotopic (exact) mass is 315 g/mol. The fraction of sp³-hybridized carbons (Fsp3) is 0.571. The third-order valence-corrected chi connectivity index (χ3v) is 4.98. The number of ether oxygens (including phenoxy) is 2. The standard InChI is InChI=1S/C14H21NO5S/c1-19-9-10-20-12-3-5-13(6-4-12)21(17,18)15-11-14(16)7-2-8-14/h3-6,15-16H,2,7-11H2,1H3. The van der Waals surface area contributed by atoms with Crippen LogP contribution in [0.25, 0.3) is 0 Å². The quantitative estimate of drug-likeness (QED) is 0.696. The minimum Gasteiger partial charge on any atom is -0.491 e. The van der Waals surface area contributed by atoms with Crippen molar-refractivity contribution in [1.29, 1.82) is 0 Å². The zero-order chi connectivity index (χ0) is 15.3. The molecule has 0 radical (unpaired) electrons. The molecule has 0 aromatic heterocycles. The first-order chi connectivity index (χ1) is 9.95. The van der Waals surface area contributed by atoms with Gasteiger partial charge in [-0.05, 0) is 43.5 Å². The number of aliphatic hydroxyl groups is 1. The van der Waals surface area contributed by atoms with Crippen molar-refractivity contribution in [1.82, 2.24) is 4.72 Å². The molecule has 118 valence electrons. The molecule has 6 nitrogen and oxygen atoms in total. The van der Waals surface area contributed by atoms with E-state index in [2.05, 4.69) is 4.72 Å². The van der Waals surface area contributed by atoms with E-state index in [0.29, 0.717) is 31.8 Å². The highest BCUT2D eigenvalue weighted by atomic mass is 32.2. The van der Waals surface area contributed by atoms with Crippen LogP contribution in [0, 0.1) is 0 Å². The van der Waals surface area contributed by atoms with E-state index in [1.165, 1.54) is 12.1 Å². The Balaban J connectivity index is 1.93. The van der Waals surface area contributed by atoms with Crippen LogP contribution >= 0.6 is 0 Å². The number of methoxy groups -OCH3 is 1. The summed E-state index contributed by atoms with van der Waals surface area (Å²) < 4.78 is 36.9. The predicted molar refractivity (Wildman–Crippen MR) is 77.8 cm³/mol. The van der Waals surface area contributed by atoms with Crippen LogP contribution in [0.3, 0.4) is 0 Å². The first-order valence-electron chi connectivity index (χ1n) is 6.89. The molecule has 1 aromatic rings. The largest absolute Gasteiger partial charge is 0.491 e. The summed E-state index contributed by atoms with van der Waals surface area (Å²) in [6.45, 7) is 0.940. The number of hydrogen-bond acceptors (Lipinski definition) is 5. The number of benzene rings is 1. The van der Waals surface area contributed by atoms with E-state index in [-0.39, 0.29) is 11.4 Å². The molecule has 1 aliphatic rings. The average molecular weight is 315 g/mol. The molecular weight excluding hydrogens is 294 g/mol. The van der Waals surface area contributed by atoms with Gasteiger partial charge >= 0.3 is 0 Å². The van der Waals surface area contributed by atoms with Gasteiger partial charge in [-0.1, -0.05) is 0 Å². The molecule has 0 bridgehead atoms. The molecule has 0 atom stereocenters. The Morgan fingerprint density at radius 1 is 1.24 bits per heavy atom. The third kappa shape index (κ3) is 4.41. The van der Waals surface area contributed by atoms with Crippen LogP contribution in [0.1, 0.15) is 19.3 Å². The van der Waals surface area contributed by atoms with Crippen LogP contribution in [0.15, 0.2) is 29.2 Å². The number of hydrogen-bond donors (Lipinski definition) is 2. The summed E-state index contributed by atoms with van der Waals surface area (Å²) in [4.78, 5) is 0.157. The lowest BCUT2D eigenvalue weighted by atomic mass is 9.81. The Kier molecular flexibility index (Phi) is 5.21. The SMILES string of the molecule is COCCOc1ccc(S(=O)(=O)NCC2(O)CCC2)cc1. The van der Waals surface area contributed by atoms with Gasteiger partial charge in [-0.2, -0.15) is 0 Å². The molecule has 0 amide bonds. The highest BCUT2D eigenvalue weighted by Crippen LogP contribution is 2.31. The average Bonchev–Trinajstić information content (AvgIpc) is 2.44. The van der Waals surface area contributed by atoms with E-state index in [1.807, 2.05) is 0 Å². The van der Waals surface area contributed by atoms with E-state index >= 15 is 0 Å². The summed E-state index contributed by atoms with van der Waals surface area (Å²) in [5.74, 6) is 0.587. The fourth-order valence-electron chi connectivity index (χ4n) is 2.03. The van der Waals surface area contributed by atoms with Gasteiger partial charge in [0.2, 0.25) is 10.0 Å². The maximum atomic E-state index is 12.1. The summed E-state index contributed by atoms with van der Waals surface area (Å²) in [6.07, 6.45) is 2.22. The van der Waals surface area contributed by atoms with E-state index in [9.17, 15) is 13.5 Å². The van der Waals surface area contributed by atoms with Gasteiger partial charge in [0.1, 0.15) is 12.4 Å². The van der Waals surface area contributed by atoms with Crippen molar-refractivity contribution in [2.24, 2.45) is 0 Å². The Bertz CT molecular complexity index is 551. The van der Waals surface area contributed by atoms with Crippen molar-refractivity contribution in [3.8, 4) is 5.75 Å². The smallest absolute Gasteiger partial charge is 0.240 e. The lowest BCUT2D eigenvalue weighted by Gasteiger charge is -2.36. The normalized spacial score (nSPS) is 17.2. The highest BCUT2D eigenvalue weighted by molar-refractivity contribution is 7.89. The van der Waals surface area contributed by atoms with Gasteiger partial charge in [-0.25, -0.2) is 13.1 Å². The molecule has 0 spiro atoms. The lowest BCUT2D eigenvalue weighted by Crippen LogP contribution is -2.47. The summed E-state index contributed by atoms with van der Waals surface area (Å²) in [6, 6.07) is 6.16. The fourth-order valence-corrected chi connectivity index (χ4v) is 3.15. The molecule has 1 fully saturated rings. The maximum Gasteiger partial charge on any atom is 0.240 e. The molecule has 0 heterocycles. The molecule has 2 rings (SSSR count). The van der Waals surface area contributed by atoms with Gasteiger partial charge in [-0.15, -0.1) is 0 Å². The van der Waals surface area contributed by atoms with Gasteiger partial charge < -0.3 is 14.6 Å². The van der Waals surface area contributed by atoms with Crippen molar-refractivity contribution in [2.45, 2.75) is 29.8 Å². The summed E-state index contributed by atoms with van der Waals surface area (Å²) in [5.41, 5.74) is -0.879. The Morgan fingerprint density at radius 2 is 1.90 bits per heavy atom. The Hall–Kier alpha value is -1.15. The molecule has 21 heavy (non-hydrogen) atoms. The van der Waals surface area contributed by atoms with Crippen LogP contribution in [0.2, 0.25) is 0 Å². The van der Waals surface area contributed by atoms with Crippen LogP contribution in [0.5, 0.6) is 5.75 Å². The second-order valence-corrected chi connectivity index (χ2v) is 6.98. The number of nitrogens with one attached hydrogen (secondary N) is 1. The molecular formula is C14H21NO5S. The van der Waals surface area contributed by atoms with E-state index in [1.54, 1.807) is 19.2 Å². The van der Waals surface area contributed by atoms with E-state index in [0.717, 1.165) is 6.42 Å². The van der Waals surface area contributed by atoms with Crippen molar-refractivity contribution in [3.63, 3.8) is 0 Å². The molecule has 2 N–H and O–H groups in total. The lowest BCUT2D eigenvalue weighted by molar-refractivity contribution is -0.0270. The maximum absolute atomic E-state index is 12.1. The molecule has 0 unspecified atom stereocenters. The molecule has 0 aliphatic heterocycles. The van der Waals surface area contributed by atoms with Crippen molar-refractivity contribution in [3.05, 3.63) is 24.3 Å². The second-order valence-electron chi connectivity index (χ2n) is 5.22. The van der Waals surface area contributed by atoms with Crippen molar-refractivity contribution >= 4 is 10.0 Å². The summed E-state index contributed by atoms with van der Waals surface area (Å²) in [7, 11) is -2.02. The first kappa shape index (κ1) is 16.2. The van der Waals surface area contributed by atoms with Crippen molar-refractivity contribution < 1.29 is 23.0 Å². The Labute approximate surface area is 125 Å². The molecule has 1 saturated carbocycles. The van der Waals surface area contributed by atoms with Crippen LogP contribution in [-0.2, 0) is 14.8 Å². The highest BCUT2D eigenvalue weighted by Gasteiger charge is 2.35. The van der Waals surface area contributed by atoms with E-state index in [4.69, 9.17) is 9.47 Å². The number of sulfonamides is 1. The minimum atomic E-state index is -3.60. The van der Waals surface area contributed by atoms with Crippen LogP contribution < -0.4 is 9.46 Å². The second kappa shape index (κ2) is 6.74. The molecule has 1 aromatic carbocycles. The molecule has 7 heteroatoms. The van der Waals surface area contributed by atoms with Gasteiger partial charge in [-0.3, -0.25) is 0 Å². The summed E-state index contributed by atoms with van der Waals surface area (Å²) >= 11 is 0. The van der Waals surface area contributed by atoms with Gasteiger partial charge in [0.05, 0.1) is 17.1 Å². The van der Waals surface area contributed by atoms with Gasteiger partial charge in [0.25, 0.3) is 0 Å². The zero-order valence-electron chi connectivity index (χ0n) is 12.0. The zero-order valence-corrected chi connectivity index (χ0v) is 12.9. The summed E-state index contributed by atoms with van der Waals surface area (Å²) in [5, 5.41) is 9.93. The topological polar surface area (TPSA) is 84.9 Å². The van der Waals surface area contributed by atoms with Crippen LogP contribution in [-0.4, -0.2) is 46.0 Å². The minimum absolute atomic E-state index is 0.0570. The number of rotatable bonds is 8. The third-order valence-electron chi connectivity index (χ3n) is 3.57. The van der Waals surface area contributed by atoms with Gasteiger partial charge in [0, 0.05) is 13.7 Å². The van der Waals surface area contributed by atoms with Crippen molar-refractivity contribution in [2.75, 3.05) is 26.9 Å². The molecule has 1 aliphatic carbocycles.